The van der Waals surface area contributed by atoms with Gasteiger partial charge in [0.2, 0.25) is 0 Å². The van der Waals surface area contributed by atoms with Gasteiger partial charge in [0.15, 0.2) is 11.5 Å². The van der Waals surface area contributed by atoms with Crippen molar-refractivity contribution in [3.05, 3.63) is 61.2 Å². The summed E-state index contributed by atoms with van der Waals surface area (Å²) in [5.41, 5.74) is 1.50. The summed E-state index contributed by atoms with van der Waals surface area (Å²) in [7, 11) is 1.56. The van der Waals surface area contributed by atoms with Gasteiger partial charge in [-0.3, -0.25) is 10.1 Å². The monoisotopic (exact) mass is 478 g/mol. The highest BCUT2D eigenvalue weighted by molar-refractivity contribution is 14.1. The minimum atomic E-state index is -0.481. The summed E-state index contributed by atoms with van der Waals surface area (Å²) in [4.78, 5) is 10.5. The molecule has 0 radical (unpaired) electrons. The van der Waals surface area contributed by atoms with E-state index in [1.54, 1.807) is 31.4 Å². The molecular weight excluding hydrogens is 459 g/mol. The number of non-ortho nitro benzene ring substituents is 1. The van der Waals surface area contributed by atoms with Crippen LogP contribution in [0.1, 0.15) is 31.4 Å². The van der Waals surface area contributed by atoms with Crippen LogP contribution in [0.25, 0.3) is 11.6 Å². The van der Waals surface area contributed by atoms with Gasteiger partial charge in [-0.2, -0.15) is 5.26 Å². The number of nitriles is 1. The van der Waals surface area contributed by atoms with Crippen LogP contribution in [0.3, 0.4) is 0 Å². The smallest absolute Gasteiger partial charge is 0.270 e. The fraction of sp³-hybridized carbons (Fsp3) is 0.250. The molecular formula is C20H19IN2O4. The van der Waals surface area contributed by atoms with Gasteiger partial charge in [-0.15, -0.1) is 0 Å². The van der Waals surface area contributed by atoms with E-state index in [9.17, 15) is 15.4 Å². The molecule has 0 aliphatic rings. The standard InChI is InChI=1S/C20H19IN2O4/c1-4-13(2)27-20-18(21)9-14(10-19(20)26-3)8-16(12-22)15-6-5-7-17(11-15)23(24)25/h5-11,13H,4H2,1-3H3/b16-8-/t13-/m0/s1. The molecule has 2 aromatic carbocycles. The first-order chi connectivity index (χ1) is 12.9. The zero-order valence-corrected chi connectivity index (χ0v) is 17.4. The van der Waals surface area contributed by atoms with Crippen molar-refractivity contribution >= 4 is 39.9 Å². The van der Waals surface area contributed by atoms with Gasteiger partial charge in [0.25, 0.3) is 5.69 Å². The van der Waals surface area contributed by atoms with Crippen LogP contribution in [0.4, 0.5) is 5.69 Å². The van der Waals surface area contributed by atoms with Crippen molar-refractivity contribution in [1.82, 2.24) is 0 Å². The first-order valence-corrected chi connectivity index (χ1v) is 9.38. The average molecular weight is 478 g/mol. The molecule has 140 valence electrons. The Morgan fingerprint density at radius 2 is 2.15 bits per heavy atom. The zero-order valence-electron chi connectivity index (χ0n) is 15.2. The Labute approximate surface area is 171 Å². The number of hydrogen-bond donors (Lipinski definition) is 0. The van der Waals surface area contributed by atoms with Gasteiger partial charge in [0.1, 0.15) is 0 Å². The Kier molecular flexibility index (Phi) is 7.19. The molecule has 0 amide bonds. The SMILES string of the molecule is CC[C@H](C)Oc1c(I)cc(/C=C(/C#N)c2cccc([N+](=O)[O-])c2)cc1OC. The summed E-state index contributed by atoms with van der Waals surface area (Å²) in [6.07, 6.45) is 2.59. The lowest BCUT2D eigenvalue weighted by molar-refractivity contribution is -0.384. The minimum Gasteiger partial charge on any atom is -0.493 e. The van der Waals surface area contributed by atoms with Gasteiger partial charge in [-0.25, -0.2) is 0 Å². The third-order valence-corrected chi connectivity index (χ3v) is 4.75. The van der Waals surface area contributed by atoms with Gasteiger partial charge >= 0.3 is 0 Å². The Bertz CT molecular complexity index is 919. The largest absolute Gasteiger partial charge is 0.493 e. The maximum atomic E-state index is 11.0. The highest BCUT2D eigenvalue weighted by atomic mass is 127. The summed E-state index contributed by atoms with van der Waals surface area (Å²) in [6.45, 7) is 4.03. The van der Waals surface area contributed by atoms with E-state index < -0.39 is 4.92 Å². The van der Waals surface area contributed by atoms with E-state index in [0.29, 0.717) is 22.6 Å². The van der Waals surface area contributed by atoms with Crippen molar-refractivity contribution in [2.75, 3.05) is 7.11 Å². The summed E-state index contributed by atoms with van der Waals surface area (Å²) in [5, 5.41) is 20.5. The number of benzene rings is 2. The summed E-state index contributed by atoms with van der Waals surface area (Å²) in [5.74, 6) is 1.24. The van der Waals surface area contributed by atoms with E-state index in [-0.39, 0.29) is 11.8 Å². The van der Waals surface area contributed by atoms with Gasteiger partial charge in [-0.1, -0.05) is 19.1 Å². The number of ether oxygens (including phenoxy) is 2. The topological polar surface area (TPSA) is 85.4 Å². The summed E-state index contributed by atoms with van der Waals surface area (Å²) < 4.78 is 12.2. The molecule has 0 saturated heterocycles. The second-order valence-electron chi connectivity index (χ2n) is 5.85. The van der Waals surface area contributed by atoms with E-state index in [2.05, 4.69) is 28.7 Å². The van der Waals surface area contributed by atoms with Crippen molar-refractivity contribution in [3.8, 4) is 17.6 Å². The van der Waals surface area contributed by atoms with Crippen molar-refractivity contribution in [2.45, 2.75) is 26.4 Å². The number of rotatable bonds is 7. The van der Waals surface area contributed by atoms with Crippen molar-refractivity contribution in [3.63, 3.8) is 0 Å². The van der Waals surface area contributed by atoms with Crippen LogP contribution in [0.15, 0.2) is 36.4 Å². The fourth-order valence-electron chi connectivity index (χ4n) is 2.36. The summed E-state index contributed by atoms with van der Waals surface area (Å²) >= 11 is 2.17. The number of allylic oxidation sites excluding steroid dienone is 1. The van der Waals surface area contributed by atoms with E-state index in [1.165, 1.54) is 12.1 Å². The molecule has 0 aliphatic heterocycles. The Balaban J connectivity index is 2.47. The predicted molar refractivity (Wildman–Crippen MR) is 113 cm³/mol. The number of halogens is 1. The fourth-order valence-corrected chi connectivity index (χ4v) is 3.11. The Morgan fingerprint density at radius 1 is 1.41 bits per heavy atom. The molecule has 0 aliphatic carbocycles. The first kappa shape index (κ1) is 20.7. The molecule has 0 saturated carbocycles. The number of methoxy groups -OCH3 is 1. The lowest BCUT2D eigenvalue weighted by atomic mass is 10.0. The van der Waals surface area contributed by atoms with Gasteiger partial charge in [0.05, 0.1) is 33.3 Å². The predicted octanol–water partition coefficient (Wildman–Crippen LogP) is 5.45. The molecule has 1 atom stereocenters. The number of nitro benzene ring substituents is 1. The van der Waals surface area contributed by atoms with E-state index in [0.717, 1.165) is 15.6 Å². The first-order valence-electron chi connectivity index (χ1n) is 8.30. The molecule has 0 unspecified atom stereocenters. The third kappa shape index (κ3) is 5.20. The van der Waals surface area contributed by atoms with Gasteiger partial charge in [-0.05, 0) is 65.3 Å². The molecule has 0 bridgehead atoms. The second-order valence-corrected chi connectivity index (χ2v) is 7.01. The second kappa shape index (κ2) is 9.37. The van der Waals surface area contributed by atoms with Crippen LogP contribution < -0.4 is 9.47 Å². The molecule has 7 heteroatoms. The van der Waals surface area contributed by atoms with E-state index in [4.69, 9.17) is 9.47 Å². The zero-order chi connectivity index (χ0) is 20.0. The van der Waals surface area contributed by atoms with Gasteiger partial charge < -0.3 is 9.47 Å². The normalized spacial score (nSPS) is 12.2. The molecule has 2 aromatic rings. The lowest BCUT2D eigenvalue weighted by Crippen LogP contribution is -2.11. The van der Waals surface area contributed by atoms with Crippen LogP contribution in [-0.4, -0.2) is 18.1 Å². The molecule has 2 rings (SSSR count). The maximum Gasteiger partial charge on any atom is 0.270 e. The van der Waals surface area contributed by atoms with Crippen molar-refractivity contribution < 1.29 is 14.4 Å². The van der Waals surface area contributed by atoms with E-state index in [1.807, 2.05) is 19.9 Å². The number of hydrogen-bond acceptors (Lipinski definition) is 5. The highest BCUT2D eigenvalue weighted by Gasteiger charge is 2.15. The Morgan fingerprint density at radius 3 is 2.74 bits per heavy atom. The van der Waals surface area contributed by atoms with E-state index >= 15 is 0 Å². The maximum absolute atomic E-state index is 11.0. The average Bonchev–Trinajstić information content (AvgIpc) is 2.67. The van der Waals surface area contributed by atoms with Crippen LogP contribution >= 0.6 is 22.6 Å². The van der Waals surface area contributed by atoms with Crippen LogP contribution in [-0.2, 0) is 0 Å². The molecule has 6 nitrogen and oxygen atoms in total. The quantitative estimate of drug-likeness (QED) is 0.174. The molecule has 27 heavy (non-hydrogen) atoms. The van der Waals surface area contributed by atoms with Crippen LogP contribution in [0.5, 0.6) is 11.5 Å². The summed E-state index contributed by atoms with van der Waals surface area (Å²) in [6, 6.07) is 11.8. The van der Waals surface area contributed by atoms with Crippen molar-refractivity contribution in [2.24, 2.45) is 0 Å². The molecule has 0 heterocycles. The Hall–Kier alpha value is -2.60. The lowest BCUT2D eigenvalue weighted by Gasteiger charge is -2.17. The van der Waals surface area contributed by atoms with Crippen LogP contribution in [0.2, 0.25) is 0 Å². The molecule has 0 fully saturated rings. The minimum absolute atomic E-state index is 0.0494. The molecule has 0 N–H and O–H groups in total. The number of nitrogens with zero attached hydrogens (tertiary/aromatic N) is 2. The highest BCUT2D eigenvalue weighted by Crippen LogP contribution is 2.36. The third-order valence-electron chi connectivity index (χ3n) is 3.95. The molecule has 0 aromatic heterocycles. The number of nitro groups is 1. The van der Waals surface area contributed by atoms with Crippen LogP contribution in [0, 0.1) is 25.0 Å². The van der Waals surface area contributed by atoms with Crippen molar-refractivity contribution in [1.29, 1.82) is 5.26 Å². The van der Waals surface area contributed by atoms with Gasteiger partial charge in [0, 0.05) is 12.1 Å². The molecule has 0 spiro atoms.